The van der Waals surface area contributed by atoms with Crippen LogP contribution in [0.2, 0.25) is 5.02 Å². The second-order valence-electron chi connectivity index (χ2n) is 5.83. The maximum atomic E-state index is 13.6. The molecule has 6 nitrogen and oxygen atoms in total. The highest BCUT2D eigenvalue weighted by molar-refractivity contribution is 6.32. The van der Waals surface area contributed by atoms with Crippen LogP contribution in [0.25, 0.3) is 0 Å². The first-order valence-electron chi connectivity index (χ1n) is 8.79. The van der Waals surface area contributed by atoms with Gasteiger partial charge in [-0.3, -0.25) is 9.59 Å². The monoisotopic (exact) mass is 408 g/mol. The molecular formula is C20H22ClFN2O4. The normalized spacial score (nSPS) is 10.3. The zero-order valence-electron chi connectivity index (χ0n) is 15.7. The molecule has 150 valence electrons. The minimum absolute atomic E-state index is 0.0481. The summed E-state index contributed by atoms with van der Waals surface area (Å²) in [5.41, 5.74) is 0.249. The molecule has 8 heteroatoms. The topological polar surface area (TPSA) is 76.7 Å². The number of carbonyl (C=O) groups excluding carboxylic acids is 2. The second kappa shape index (κ2) is 10.5. The highest BCUT2D eigenvalue weighted by atomic mass is 35.5. The van der Waals surface area contributed by atoms with Crippen molar-refractivity contribution in [2.45, 2.75) is 13.3 Å². The molecule has 0 spiro atoms. The summed E-state index contributed by atoms with van der Waals surface area (Å²) in [6.45, 7) is 2.74. The smallest absolute Gasteiger partial charge is 0.254 e. The minimum Gasteiger partial charge on any atom is -0.493 e. The summed E-state index contributed by atoms with van der Waals surface area (Å²) in [5.74, 6) is -0.785. The first-order valence-corrected chi connectivity index (χ1v) is 9.17. The van der Waals surface area contributed by atoms with E-state index >= 15 is 0 Å². The fourth-order valence-corrected chi connectivity index (χ4v) is 2.66. The van der Waals surface area contributed by atoms with E-state index in [1.54, 1.807) is 6.07 Å². The molecular weight excluding hydrogens is 387 g/mol. The molecule has 28 heavy (non-hydrogen) atoms. The summed E-state index contributed by atoms with van der Waals surface area (Å²) in [4.78, 5) is 24.2. The van der Waals surface area contributed by atoms with Crippen LogP contribution in [-0.2, 0) is 0 Å². The fraction of sp³-hybridized carbons (Fsp3) is 0.300. The highest BCUT2D eigenvalue weighted by Gasteiger charge is 2.16. The zero-order valence-corrected chi connectivity index (χ0v) is 16.4. The molecule has 0 unspecified atom stereocenters. The van der Waals surface area contributed by atoms with E-state index in [1.807, 2.05) is 6.92 Å². The first-order chi connectivity index (χ1) is 13.5. The zero-order chi connectivity index (χ0) is 20.5. The Hall–Kier alpha value is -2.80. The molecule has 0 saturated carbocycles. The van der Waals surface area contributed by atoms with Gasteiger partial charge in [0.25, 0.3) is 11.8 Å². The van der Waals surface area contributed by atoms with E-state index in [0.29, 0.717) is 23.7 Å². The lowest BCUT2D eigenvalue weighted by molar-refractivity contribution is 0.0925. The van der Waals surface area contributed by atoms with E-state index in [0.717, 1.165) is 6.42 Å². The maximum Gasteiger partial charge on any atom is 0.254 e. The van der Waals surface area contributed by atoms with Crippen LogP contribution in [0, 0.1) is 5.82 Å². The fourth-order valence-electron chi connectivity index (χ4n) is 2.39. The first kappa shape index (κ1) is 21.5. The van der Waals surface area contributed by atoms with Crippen LogP contribution in [0.3, 0.4) is 0 Å². The molecule has 0 aliphatic rings. The number of amides is 2. The predicted octanol–water partition coefficient (Wildman–Crippen LogP) is 3.44. The highest BCUT2D eigenvalue weighted by Crippen LogP contribution is 2.36. The molecule has 0 aliphatic carbocycles. The SMILES string of the molecule is CCCOc1c(Cl)cc(C(=O)NCCNC(=O)c2ccccc2F)cc1OC. The third-order valence-electron chi connectivity index (χ3n) is 3.76. The van der Waals surface area contributed by atoms with Gasteiger partial charge in [-0.1, -0.05) is 30.7 Å². The second-order valence-corrected chi connectivity index (χ2v) is 6.24. The van der Waals surface area contributed by atoms with Crippen molar-refractivity contribution < 1.29 is 23.5 Å². The van der Waals surface area contributed by atoms with E-state index in [4.69, 9.17) is 21.1 Å². The van der Waals surface area contributed by atoms with Crippen molar-refractivity contribution in [1.82, 2.24) is 10.6 Å². The van der Waals surface area contributed by atoms with Gasteiger partial charge in [0.05, 0.1) is 24.3 Å². The summed E-state index contributed by atoms with van der Waals surface area (Å²) in [6, 6.07) is 8.70. The van der Waals surface area contributed by atoms with Gasteiger partial charge in [-0.2, -0.15) is 0 Å². The van der Waals surface area contributed by atoms with Crippen LogP contribution in [0.5, 0.6) is 11.5 Å². The Labute approximate surface area is 168 Å². The Balaban J connectivity index is 1.91. The molecule has 0 aliphatic heterocycles. The van der Waals surface area contributed by atoms with Crippen molar-refractivity contribution in [1.29, 1.82) is 0 Å². The number of methoxy groups -OCH3 is 1. The summed E-state index contributed by atoms with van der Waals surface area (Å²) >= 11 is 6.20. The lowest BCUT2D eigenvalue weighted by Crippen LogP contribution is -2.35. The van der Waals surface area contributed by atoms with E-state index in [1.165, 1.54) is 37.4 Å². The predicted molar refractivity (Wildman–Crippen MR) is 105 cm³/mol. The van der Waals surface area contributed by atoms with E-state index in [-0.39, 0.29) is 29.6 Å². The number of nitrogens with one attached hydrogen (secondary N) is 2. The van der Waals surface area contributed by atoms with Crippen LogP contribution in [-0.4, -0.2) is 38.6 Å². The number of ether oxygens (including phenoxy) is 2. The lowest BCUT2D eigenvalue weighted by atomic mass is 10.2. The Bertz CT molecular complexity index is 845. The number of halogens is 2. The average Bonchev–Trinajstić information content (AvgIpc) is 2.69. The third kappa shape index (κ3) is 5.60. The van der Waals surface area contributed by atoms with E-state index in [2.05, 4.69) is 10.6 Å². The molecule has 2 aromatic rings. The van der Waals surface area contributed by atoms with Gasteiger partial charge in [0.1, 0.15) is 5.82 Å². The Kier molecular flexibility index (Phi) is 8.07. The molecule has 0 radical (unpaired) electrons. The standard InChI is InChI=1S/C20H22ClFN2O4/c1-3-10-28-18-15(21)11-13(12-17(18)27-2)19(25)23-8-9-24-20(26)14-6-4-5-7-16(14)22/h4-7,11-12H,3,8-10H2,1-2H3,(H,23,25)(H,24,26). The van der Waals surface area contributed by atoms with E-state index in [9.17, 15) is 14.0 Å². The van der Waals surface area contributed by atoms with Crippen LogP contribution < -0.4 is 20.1 Å². The molecule has 0 bridgehead atoms. The molecule has 2 N–H and O–H groups in total. The van der Waals surface area contributed by atoms with Gasteiger partial charge in [-0.05, 0) is 30.7 Å². The lowest BCUT2D eigenvalue weighted by Gasteiger charge is -2.14. The Morgan fingerprint density at radius 1 is 1.11 bits per heavy atom. The van der Waals surface area contributed by atoms with E-state index < -0.39 is 11.7 Å². The number of carbonyl (C=O) groups is 2. The molecule has 2 amide bonds. The average molecular weight is 409 g/mol. The van der Waals surface area contributed by atoms with Crippen LogP contribution in [0.1, 0.15) is 34.1 Å². The molecule has 0 aromatic heterocycles. The number of hydrogen-bond donors (Lipinski definition) is 2. The summed E-state index contributed by atoms with van der Waals surface area (Å²) in [6.07, 6.45) is 0.806. The number of rotatable bonds is 9. The van der Waals surface area contributed by atoms with Gasteiger partial charge in [0, 0.05) is 18.7 Å². The third-order valence-corrected chi connectivity index (χ3v) is 4.04. The summed E-state index contributed by atoms with van der Waals surface area (Å²) in [5, 5.41) is 5.48. The largest absolute Gasteiger partial charge is 0.493 e. The van der Waals surface area contributed by atoms with Crippen molar-refractivity contribution >= 4 is 23.4 Å². The quantitative estimate of drug-likeness (QED) is 0.623. The van der Waals surface area contributed by atoms with Gasteiger partial charge in [-0.25, -0.2) is 4.39 Å². The van der Waals surface area contributed by atoms with Crippen molar-refractivity contribution in [3.05, 3.63) is 58.4 Å². The van der Waals surface area contributed by atoms with Gasteiger partial charge < -0.3 is 20.1 Å². The summed E-state index contributed by atoms with van der Waals surface area (Å²) in [7, 11) is 1.46. The van der Waals surface area contributed by atoms with Crippen molar-refractivity contribution in [2.75, 3.05) is 26.8 Å². The minimum atomic E-state index is -0.601. The van der Waals surface area contributed by atoms with Crippen molar-refractivity contribution in [3.63, 3.8) is 0 Å². The number of benzene rings is 2. The van der Waals surface area contributed by atoms with Crippen LogP contribution in [0.15, 0.2) is 36.4 Å². The summed E-state index contributed by atoms with van der Waals surface area (Å²) < 4.78 is 24.4. The van der Waals surface area contributed by atoms with Crippen LogP contribution >= 0.6 is 11.6 Å². The van der Waals surface area contributed by atoms with Crippen molar-refractivity contribution in [3.8, 4) is 11.5 Å². The Morgan fingerprint density at radius 2 is 1.79 bits per heavy atom. The number of hydrogen-bond acceptors (Lipinski definition) is 4. The molecule has 0 atom stereocenters. The molecule has 0 heterocycles. The Morgan fingerprint density at radius 3 is 2.43 bits per heavy atom. The molecule has 0 fully saturated rings. The molecule has 2 aromatic carbocycles. The maximum absolute atomic E-state index is 13.6. The van der Waals surface area contributed by atoms with Gasteiger partial charge in [0.15, 0.2) is 11.5 Å². The molecule has 0 saturated heterocycles. The van der Waals surface area contributed by atoms with Gasteiger partial charge >= 0.3 is 0 Å². The van der Waals surface area contributed by atoms with Crippen molar-refractivity contribution in [2.24, 2.45) is 0 Å². The van der Waals surface area contributed by atoms with Crippen LogP contribution in [0.4, 0.5) is 4.39 Å². The van der Waals surface area contributed by atoms with Gasteiger partial charge in [-0.15, -0.1) is 0 Å². The molecule has 2 rings (SSSR count). The van der Waals surface area contributed by atoms with Gasteiger partial charge in [0.2, 0.25) is 0 Å².